The number of unbranched alkanes of at least 4 members (excludes halogenated alkanes) is 4. The molecule has 0 heterocycles. The molecule has 0 rings (SSSR count). The average Bonchev–Trinajstić information content (AvgIpc) is 2.39. The molecule has 0 aliphatic rings. The number of methoxy groups -OCH3 is 1. The fraction of sp³-hybridized carbons (Fsp3) is 0.800. The monoisotopic (exact) mass is 255 g/mol. The molecule has 0 fully saturated rings. The Morgan fingerprint density at radius 1 is 1.17 bits per heavy atom. The molecule has 1 unspecified atom stereocenters. The minimum Gasteiger partial charge on any atom is -0.466 e. The SMILES string of the molecule is CCCCCCC(/C=C/C(=O)OC)NCCCC. The van der Waals surface area contributed by atoms with Crippen molar-refractivity contribution >= 4 is 5.97 Å². The number of nitrogens with one attached hydrogen (secondary N) is 1. The van der Waals surface area contributed by atoms with Crippen LogP contribution in [0.5, 0.6) is 0 Å². The maximum atomic E-state index is 11.1. The van der Waals surface area contributed by atoms with Crippen LogP contribution in [-0.4, -0.2) is 25.7 Å². The van der Waals surface area contributed by atoms with Gasteiger partial charge in [-0.1, -0.05) is 52.0 Å². The number of hydrogen-bond donors (Lipinski definition) is 1. The number of carbonyl (C=O) groups excluding carboxylic acids is 1. The van der Waals surface area contributed by atoms with Gasteiger partial charge in [0, 0.05) is 12.1 Å². The minimum atomic E-state index is -0.272. The van der Waals surface area contributed by atoms with Gasteiger partial charge < -0.3 is 10.1 Å². The van der Waals surface area contributed by atoms with Crippen molar-refractivity contribution in [1.29, 1.82) is 0 Å². The molecule has 3 heteroatoms. The molecule has 0 aromatic carbocycles. The summed E-state index contributed by atoms with van der Waals surface area (Å²) in [6.07, 6.45) is 12.0. The summed E-state index contributed by atoms with van der Waals surface area (Å²) in [6, 6.07) is 0.299. The fourth-order valence-corrected chi connectivity index (χ4v) is 1.78. The van der Waals surface area contributed by atoms with Gasteiger partial charge in [-0.3, -0.25) is 0 Å². The van der Waals surface area contributed by atoms with Gasteiger partial charge in [-0.15, -0.1) is 0 Å². The standard InChI is InChI=1S/C15H29NO2/c1-4-6-8-9-10-14(16-13-7-5-2)11-12-15(17)18-3/h11-12,14,16H,4-10,13H2,1-3H3/b12-11+. The van der Waals surface area contributed by atoms with Crippen molar-refractivity contribution in [1.82, 2.24) is 5.32 Å². The van der Waals surface area contributed by atoms with E-state index in [1.165, 1.54) is 51.7 Å². The molecular formula is C15H29NO2. The van der Waals surface area contributed by atoms with Crippen LogP contribution in [0.25, 0.3) is 0 Å². The molecule has 1 N–H and O–H groups in total. The molecule has 0 aliphatic carbocycles. The zero-order valence-corrected chi connectivity index (χ0v) is 12.2. The maximum absolute atomic E-state index is 11.1. The molecule has 0 saturated carbocycles. The summed E-state index contributed by atoms with van der Waals surface area (Å²) in [6.45, 7) is 5.41. The van der Waals surface area contributed by atoms with Gasteiger partial charge in [0.25, 0.3) is 0 Å². The highest BCUT2D eigenvalue weighted by Crippen LogP contribution is 2.07. The van der Waals surface area contributed by atoms with E-state index in [0.717, 1.165) is 13.0 Å². The average molecular weight is 255 g/mol. The summed E-state index contributed by atoms with van der Waals surface area (Å²) in [5.41, 5.74) is 0. The van der Waals surface area contributed by atoms with Gasteiger partial charge in [0.2, 0.25) is 0 Å². The first-order valence-electron chi connectivity index (χ1n) is 7.24. The van der Waals surface area contributed by atoms with Crippen LogP contribution >= 0.6 is 0 Å². The molecule has 1 atom stereocenters. The summed E-state index contributed by atoms with van der Waals surface area (Å²) < 4.78 is 4.62. The van der Waals surface area contributed by atoms with Gasteiger partial charge >= 0.3 is 5.97 Å². The number of ether oxygens (including phenoxy) is 1. The summed E-state index contributed by atoms with van der Waals surface area (Å²) >= 11 is 0. The second-order valence-corrected chi connectivity index (χ2v) is 4.65. The Labute approximate surface area is 112 Å². The third-order valence-corrected chi connectivity index (χ3v) is 2.97. The first-order valence-corrected chi connectivity index (χ1v) is 7.24. The number of hydrogen-bond acceptors (Lipinski definition) is 3. The van der Waals surface area contributed by atoms with Crippen LogP contribution < -0.4 is 5.32 Å². The number of rotatable bonds is 11. The lowest BCUT2D eigenvalue weighted by Gasteiger charge is -2.14. The summed E-state index contributed by atoms with van der Waals surface area (Å²) in [7, 11) is 1.41. The summed E-state index contributed by atoms with van der Waals surface area (Å²) in [5, 5.41) is 3.48. The van der Waals surface area contributed by atoms with Crippen molar-refractivity contribution in [2.24, 2.45) is 0 Å². The van der Waals surface area contributed by atoms with E-state index in [2.05, 4.69) is 23.9 Å². The van der Waals surface area contributed by atoms with Gasteiger partial charge in [0.05, 0.1) is 7.11 Å². The van der Waals surface area contributed by atoms with E-state index in [1.54, 1.807) is 0 Å². The van der Waals surface area contributed by atoms with Gasteiger partial charge in [-0.25, -0.2) is 4.79 Å². The molecule has 0 radical (unpaired) electrons. The zero-order chi connectivity index (χ0) is 13.6. The molecule has 3 nitrogen and oxygen atoms in total. The second kappa shape index (κ2) is 12.6. The van der Waals surface area contributed by atoms with E-state index in [1.807, 2.05) is 6.08 Å². The normalized spacial score (nSPS) is 12.8. The second-order valence-electron chi connectivity index (χ2n) is 4.65. The van der Waals surface area contributed by atoms with Crippen molar-refractivity contribution in [2.45, 2.75) is 64.8 Å². The topological polar surface area (TPSA) is 38.3 Å². The van der Waals surface area contributed by atoms with Gasteiger partial charge in [0.15, 0.2) is 0 Å². The predicted molar refractivity (Wildman–Crippen MR) is 76.6 cm³/mol. The van der Waals surface area contributed by atoms with Crippen molar-refractivity contribution in [2.75, 3.05) is 13.7 Å². The lowest BCUT2D eigenvalue weighted by Crippen LogP contribution is -2.28. The highest BCUT2D eigenvalue weighted by Gasteiger charge is 2.04. The van der Waals surface area contributed by atoms with E-state index in [0.29, 0.717) is 6.04 Å². The van der Waals surface area contributed by atoms with Crippen LogP contribution in [0.3, 0.4) is 0 Å². The first kappa shape index (κ1) is 17.2. The Kier molecular flexibility index (Phi) is 12.0. The van der Waals surface area contributed by atoms with Gasteiger partial charge in [-0.05, 0) is 19.4 Å². The van der Waals surface area contributed by atoms with E-state index >= 15 is 0 Å². The van der Waals surface area contributed by atoms with Gasteiger partial charge in [-0.2, -0.15) is 0 Å². The molecule has 0 spiro atoms. The van der Waals surface area contributed by atoms with Crippen molar-refractivity contribution in [3.05, 3.63) is 12.2 Å². The van der Waals surface area contributed by atoms with E-state index in [-0.39, 0.29) is 5.97 Å². The van der Waals surface area contributed by atoms with E-state index < -0.39 is 0 Å². The number of carbonyl (C=O) groups is 1. The lowest BCUT2D eigenvalue weighted by atomic mass is 10.1. The molecule has 0 aliphatic heterocycles. The molecule has 106 valence electrons. The van der Waals surface area contributed by atoms with E-state index in [9.17, 15) is 4.79 Å². The Bertz CT molecular complexity index is 227. The quantitative estimate of drug-likeness (QED) is 0.349. The van der Waals surface area contributed by atoms with Crippen molar-refractivity contribution in [3.63, 3.8) is 0 Å². The Hall–Kier alpha value is -0.830. The highest BCUT2D eigenvalue weighted by molar-refractivity contribution is 5.81. The summed E-state index contributed by atoms with van der Waals surface area (Å²) in [4.78, 5) is 11.1. The molecule has 0 amide bonds. The molecule has 0 saturated heterocycles. The van der Waals surface area contributed by atoms with Crippen LogP contribution in [0.1, 0.15) is 58.8 Å². The maximum Gasteiger partial charge on any atom is 0.330 e. The first-order chi connectivity index (χ1) is 8.74. The highest BCUT2D eigenvalue weighted by atomic mass is 16.5. The van der Waals surface area contributed by atoms with Crippen molar-refractivity contribution in [3.8, 4) is 0 Å². The molecule has 0 aromatic rings. The Morgan fingerprint density at radius 2 is 1.89 bits per heavy atom. The minimum absolute atomic E-state index is 0.272. The van der Waals surface area contributed by atoms with Crippen LogP contribution in [0.4, 0.5) is 0 Å². The zero-order valence-electron chi connectivity index (χ0n) is 12.2. The molecule has 18 heavy (non-hydrogen) atoms. The number of esters is 1. The van der Waals surface area contributed by atoms with Crippen molar-refractivity contribution < 1.29 is 9.53 Å². The summed E-state index contributed by atoms with van der Waals surface area (Å²) in [5.74, 6) is -0.272. The fourth-order valence-electron chi connectivity index (χ4n) is 1.78. The smallest absolute Gasteiger partial charge is 0.330 e. The van der Waals surface area contributed by atoms with Crippen LogP contribution in [-0.2, 0) is 9.53 Å². The predicted octanol–water partition coefficient (Wildman–Crippen LogP) is 3.44. The Balaban J connectivity index is 3.98. The lowest BCUT2D eigenvalue weighted by molar-refractivity contribution is -0.134. The van der Waals surface area contributed by atoms with Gasteiger partial charge in [0.1, 0.15) is 0 Å². The molecule has 0 bridgehead atoms. The largest absolute Gasteiger partial charge is 0.466 e. The molecule has 0 aromatic heterocycles. The third-order valence-electron chi connectivity index (χ3n) is 2.97. The Morgan fingerprint density at radius 3 is 2.50 bits per heavy atom. The van der Waals surface area contributed by atoms with Crippen LogP contribution in [0.2, 0.25) is 0 Å². The van der Waals surface area contributed by atoms with Crippen LogP contribution in [0, 0.1) is 0 Å². The third kappa shape index (κ3) is 10.3. The molecular weight excluding hydrogens is 226 g/mol. The van der Waals surface area contributed by atoms with Crippen LogP contribution in [0.15, 0.2) is 12.2 Å². The van der Waals surface area contributed by atoms with E-state index in [4.69, 9.17) is 0 Å².